The van der Waals surface area contributed by atoms with Crippen molar-refractivity contribution >= 4 is 27.3 Å². The lowest BCUT2D eigenvalue weighted by molar-refractivity contribution is 0.881. The molecule has 1 N–H and O–H groups in total. The van der Waals surface area contributed by atoms with Gasteiger partial charge >= 0.3 is 0 Å². The molecule has 2 aromatic heterocycles. The van der Waals surface area contributed by atoms with E-state index in [1.807, 2.05) is 0 Å². The van der Waals surface area contributed by atoms with Gasteiger partial charge in [-0.25, -0.2) is 5.10 Å². The van der Waals surface area contributed by atoms with Crippen molar-refractivity contribution in [1.29, 1.82) is 0 Å². The van der Waals surface area contributed by atoms with Gasteiger partial charge in [0.25, 0.3) is 0 Å². The van der Waals surface area contributed by atoms with Gasteiger partial charge in [-0.3, -0.25) is 0 Å². The smallest absolute Gasteiger partial charge is 0.189 e. The van der Waals surface area contributed by atoms with Crippen molar-refractivity contribution in [2.45, 2.75) is 13.3 Å². The number of nitrogens with one attached hydrogen (secondary N) is 1. The zero-order chi connectivity index (χ0) is 9.26. The Morgan fingerprint density at radius 2 is 2.46 bits per heavy atom. The summed E-state index contributed by atoms with van der Waals surface area (Å²) in [5.41, 5.74) is 1.25. The molecule has 0 spiro atoms. The van der Waals surface area contributed by atoms with Gasteiger partial charge in [-0.15, -0.1) is 16.4 Å². The molecule has 0 saturated heterocycles. The van der Waals surface area contributed by atoms with Crippen molar-refractivity contribution in [1.82, 2.24) is 20.6 Å². The van der Waals surface area contributed by atoms with Gasteiger partial charge in [0.05, 0.1) is 4.88 Å². The van der Waals surface area contributed by atoms with E-state index < -0.39 is 0 Å². The Labute approximate surface area is 87.5 Å². The van der Waals surface area contributed by atoms with Crippen LogP contribution in [0.4, 0.5) is 0 Å². The van der Waals surface area contributed by atoms with Crippen molar-refractivity contribution in [3.05, 3.63) is 15.4 Å². The quantitative estimate of drug-likeness (QED) is 0.899. The van der Waals surface area contributed by atoms with Gasteiger partial charge in [0.1, 0.15) is 0 Å². The second-order valence-corrected chi connectivity index (χ2v) is 4.23. The number of hydrogen-bond donors (Lipinski definition) is 1. The summed E-state index contributed by atoms with van der Waals surface area (Å²) >= 11 is 5.13. The molecule has 0 radical (unpaired) electrons. The van der Waals surface area contributed by atoms with E-state index in [1.54, 1.807) is 11.3 Å². The van der Waals surface area contributed by atoms with E-state index in [1.165, 1.54) is 5.56 Å². The summed E-state index contributed by atoms with van der Waals surface area (Å²) in [5.74, 6) is 0.743. The first-order valence-corrected chi connectivity index (χ1v) is 5.50. The SMILES string of the molecule is CCc1c(Br)csc1-c1nnn[nH]1. The monoisotopic (exact) mass is 258 g/mol. The van der Waals surface area contributed by atoms with Crippen molar-refractivity contribution in [3.8, 4) is 10.7 Å². The van der Waals surface area contributed by atoms with Gasteiger partial charge in [0, 0.05) is 9.85 Å². The first-order chi connectivity index (χ1) is 6.33. The largest absolute Gasteiger partial charge is 0.238 e. The number of aromatic amines is 1. The fraction of sp³-hybridized carbons (Fsp3) is 0.286. The van der Waals surface area contributed by atoms with E-state index in [2.05, 4.69) is 48.9 Å². The molecule has 0 fully saturated rings. The zero-order valence-corrected chi connectivity index (χ0v) is 9.31. The number of tetrazole rings is 1. The van der Waals surface area contributed by atoms with Crippen LogP contribution >= 0.6 is 27.3 Å². The maximum atomic E-state index is 3.88. The average Bonchev–Trinajstić information content (AvgIpc) is 2.71. The van der Waals surface area contributed by atoms with Gasteiger partial charge < -0.3 is 0 Å². The average molecular weight is 259 g/mol. The Bertz CT molecular complexity index is 395. The van der Waals surface area contributed by atoms with Crippen LogP contribution in [-0.4, -0.2) is 20.6 Å². The molecule has 2 aromatic rings. The van der Waals surface area contributed by atoms with Gasteiger partial charge in [-0.1, -0.05) is 6.92 Å². The molecule has 68 valence electrons. The summed E-state index contributed by atoms with van der Waals surface area (Å²) < 4.78 is 1.13. The van der Waals surface area contributed by atoms with Gasteiger partial charge in [-0.05, 0) is 38.3 Å². The van der Waals surface area contributed by atoms with E-state index in [0.29, 0.717) is 0 Å². The van der Waals surface area contributed by atoms with Crippen molar-refractivity contribution in [2.75, 3.05) is 0 Å². The molecular formula is C7H7BrN4S. The number of halogens is 1. The minimum Gasteiger partial charge on any atom is -0.238 e. The predicted octanol–water partition coefficient (Wildman–Crippen LogP) is 2.25. The molecule has 4 nitrogen and oxygen atoms in total. The van der Waals surface area contributed by atoms with E-state index in [-0.39, 0.29) is 0 Å². The normalized spacial score (nSPS) is 10.6. The number of rotatable bonds is 2. The van der Waals surface area contributed by atoms with E-state index in [9.17, 15) is 0 Å². The standard InChI is InChI=1S/C7H7BrN4S/c1-2-4-5(8)3-13-6(4)7-9-11-12-10-7/h3H,2H2,1H3,(H,9,10,11,12). The highest BCUT2D eigenvalue weighted by molar-refractivity contribution is 9.10. The fourth-order valence-corrected chi connectivity index (χ4v) is 2.99. The third-order valence-electron chi connectivity index (χ3n) is 1.76. The second-order valence-electron chi connectivity index (χ2n) is 2.49. The molecule has 6 heteroatoms. The molecule has 0 aliphatic carbocycles. The summed E-state index contributed by atoms with van der Waals surface area (Å²) in [4.78, 5) is 1.11. The van der Waals surface area contributed by atoms with Crippen LogP contribution in [0.1, 0.15) is 12.5 Å². The number of thiophene rings is 1. The highest BCUT2D eigenvalue weighted by atomic mass is 79.9. The topological polar surface area (TPSA) is 54.5 Å². The summed E-state index contributed by atoms with van der Waals surface area (Å²) in [7, 11) is 0. The third-order valence-corrected chi connectivity index (χ3v) is 3.80. The minimum atomic E-state index is 0.743. The molecule has 13 heavy (non-hydrogen) atoms. The predicted molar refractivity (Wildman–Crippen MR) is 54.6 cm³/mol. The third kappa shape index (κ3) is 1.51. The molecule has 0 aromatic carbocycles. The van der Waals surface area contributed by atoms with Crippen molar-refractivity contribution in [2.24, 2.45) is 0 Å². The zero-order valence-electron chi connectivity index (χ0n) is 6.91. The van der Waals surface area contributed by atoms with E-state index in [4.69, 9.17) is 0 Å². The molecule has 0 saturated carbocycles. The van der Waals surface area contributed by atoms with Crippen molar-refractivity contribution < 1.29 is 0 Å². The van der Waals surface area contributed by atoms with Crippen LogP contribution < -0.4 is 0 Å². The number of hydrogen-bond acceptors (Lipinski definition) is 4. The van der Waals surface area contributed by atoms with Crippen LogP contribution in [0, 0.1) is 0 Å². The summed E-state index contributed by atoms with van der Waals surface area (Å²) in [5, 5.41) is 15.8. The molecule has 0 bridgehead atoms. The van der Waals surface area contributed by atoms with Gasteiger partial charge in [0.15, 0.2) is 5.82 Å². The van der Waals surface area contributed by atoms with Crippen LogP contribution in [0.2, 0.25) is 0 Å². The summed E-state index contributed by atoms with van der Waals surface area (Å²) in [6.07, 6.45) is 0.972. The number of nitrogens with zero attached hydrogens (tertiary/aromatic N) is 3. The van der Waals surface area contributed by atoms with Gasteiger partial charge in [0.2, 0.25) is 0 Å². The number of H-pyrrole nitrogens is 1. The molecule has 0 aliphatic rings. The van der Waals surface area contributed by atoms with Crippen LogP contribution in [0.3, 0.4) is 0 Å². The second kappa shape index (κ2) is 3.55. The molecule has 0 unspecified atom stereocenters. The number of aromatic nitrogens is 4. The Morgan fingerprint density at radius 1 is 1.62 bits per heavy atom. The Morgan fingerprint density at radius 3 is 3.08 bits per heavy atom. The molecule has 2 rings (SSSR count). The summed E-state index contributed by atoms with van der Waals surface area (Å²) in [6.45, 7) is 2.11. The molecule has 0 amide bonds. The highest BCUT2D eigenvalue weighted by Gasteiger charge is 2.12. The molecule has 2 heterocycles. The first-order valence-electron chi connectivity index (χ1n) is 3.83. The lowest BCUT2D eigenvalue weighted by Gasteiger charge is -1.95. The first kappa shape index (κ1) is 8.83. The van der Waals surface area contributed by atoms with Gasteiger partial charge in [-0.2, -0.15) is 0 Å². The Hall–Kier alpha value is -0.750. The Balaban J connectivity index is 2.52. The van der Waals surface area contributed by atoms with Crippen LogP contribution in [0.25, 0.3) is 10.7 Å². The molecule has 0 aliphatic heterocycles. The lowest BCUT2D eigenvalue weighted by atomic mass is 10.2. The van der Waals surface area contributed by atoms with Crippen LogP contribution in [-0.2, 0) is 6.42 Å². The fourth-order valence-electron chi connectivity index (χ4n) is 1.14. The maximum absolute atomic E-state index is 3.88. The maximum Gasteiger partial charge on any atom is 0.189 e. The summed E-state index contributed by atoms with van der Waals surface area (Å²) in [6, 6.07) is 0. The van der Waals surface area contributed by atoms with E-state index in [0.717, 1.165) is 21.6 Å². The molecule has 0 atom stereocenters. The minimum absolute atomic E-state index is 0.743. The van der Waals surface area contributed by atoms with Crippen LogP contribution in [0.15, 0.2) is 9.85 Å². The lowest BCUT2D eigenvalue weighted by Crippen LogP contribution is -1.84. The highest BCUT2D eigenvalue weighted by Crippen LogP contribution is 2.33. The molecular weight excluding hydrogens is 252 g/mol. The Kier molecular flexibility index (Phi) is 2.41. The van der Waals surface area contributed by atoms with E-state index >= 15 is 0 Å². The van der Waals surface area contributed by atoms with Crippen LogP contribution in [0.5, 0.6) is 0 Å². The van der Waals surface area contributed by atoms with Crippen molar-refractivity contribution in [3.63, 3.8) is 0 Å².